The Labute approximate surface area is 235 Å². The fourth-order valence-electron chi connectivity index (χ4n) is 4.56. The van der Waals surface area contributed by atoms with Crippen LogP contribution in [0.25, 0.3) is 0 Å². The second-order valence-electron chi connectivity index (χ2n) is 9.00. The van der Waals surface area contributed by atoms with E-state index in [-0.39, 0.29) is 35.7 Å². The van der Waals surface area contributed by atoms with Gasteiger partial charge in [0, 0.05) is 46.1 Å². The maximum absolute atomic E-state index is 13.0. The van der Waals surface area contributed by atoms with Gasteiger partial charge in [0.05, 0.1) is 10.9 Å². The number of rotatable bonds is 7. The fraction of sp³-hybridized carbons (Fsp3) is 0.375. The highest BCUT2D eigenvalue weighted by atomic mass is 35.5. The number of Topliss-reactive ketones (excluding diaryl/α,β-unsaturated/α-hetero) is 1. The van der Waals surface area contributed by atoms with Gasteiger partial charge in [-0.15, -0.1) is 23.2 Å². The van der Waals surface area contributed by atoms with Gasteiger partial charge in [0.1, 0.15) is 10.9 Å². The van der Waals surface area contributed by atoms with Crippen LogP contribution in [0, 0.1) is 11.8 Å². The average Bonchev–Trinajstić information content (AvgIpc) is 3.22. The van der Waals surface area contributed by atoms with Crippen molar-refractivity contribution in [2.75, 3.05) is 18.4 Å². The molecule has 2 aromatic carbocycles. The van der Waals surface area contributed by atoms with E-state index in [1.807, 2.05) is 0 Å². The molecular formula is C24H18Cl5F3N2O3. The van der Waals surface area contributed by atoms with E-state index in [9.17, 15) is 27.6 Å². The molecule has 0 aromatic heterocycles. The van der Waals surface area contributed by atoms with E-state index in [1.165, 1.54) is 24.3 Å². The van der Waals surface area contributed by atoms with Gasteiger partial charge in [-0.25, -0.2) is 0 Å². The highest BCUT2D eigenvalue weighted by molar-refractivity contribution is 6.53. The fourth-order valence-corrected chi connectivity index (χ4v) is 6.15. The third-order valence-corrected chi connectivity index (χ3v) is 8.03. The molecule has 1 aliphatic carbocycles. The quantitative estimate of drug-likeness (QED) is 0.265. The van der Waals surface area contributed by atoms with E-state index in [0.717, 1.165) is 0 Å². The molecule has 3 atom stereocenters. The predicted molar refractivity (Wildman–Crippen MR) is 137 cm³/mol. The monoisotopic (exact) mass is 614 g/mol. The van der Waals surface area contributed by atoms with Crippen LogP contribution in [0.2, 0.25) is 15.1 Å². The van der Waals surface area contributed by atoms with Gasteiger partial charge in [0.15, 0.2) is 5.78 Å². The molecule has 2 fully saturated rings. The number of alkyl halides is 5. The summed E-state index contributed by atoms with van der Waals surface area (Å²) in [5.74, 6) is -4.07. The van der Waals surface area contributed by atoms with Crippen LogP contribution in [0.3, 0.4) is 0 Å². The Kier molecular flexibility index (Phi) is 8.00. The van der Waals surface area contributed by atoms with Gasteiger partial charge in [-0.2, -0.15) is 13.2 Å². The van der Waals surface area contributed by atoms with Gasteiger partial charge in [-0.3, -0.25) is 14.4 Å². The normalized spacial score (nSPS) is 22.8. The van der Waals surface area contributed by atoms with Crippen molar-refractivity contribution in [2.45, 2.75) is 29.3 Å². The molecule has 13 heteroatoms. The molecule has 2 aromatic rings. The van der Waals surface area contributed by atoms with Gasteiger partial charge >= 0.3 is 6.18 Å². The van der Waals surface area contributed by atoms with Crippen LogP contribution < -0.4 is 5.32 Å². The first-order valence-corrected chi connectivity index (χ1v) is 12.9. The van der Waals surface area contributed by atoms with Crippen molar-refractivity contribution in [3.8, 4) is 0 Å². The number of halogens is 8. The Morgan fingerprint density at radius 2 is 1.70 bits per heavy atom. The Morgan fingerprint density at radius 1 is 1.05 bits per heavy atom. The summed E-state index contributed by atoms with van der Waals surface area (Å²) in [6.07, 6.45) is -4.70. The zero-order chi connectivity index (χ0) is 27.3. The summed E-state index contributed by atoms with van der Waals surface area (Å²) in [6.45, 7) is -1.44. The SMILES string of the molecule is O=C(CC1CCN(CC(F)(F)F)C1=O)c1cc(NC(=O)C2C(c3cc(Cl)cc(Cl)c3)C2(Cl)Cl)ccc1Cl. The van der Waals surface area contributed by atoms with Crippen molar-refractivity contribution in [1.82, 2.24) is 4.90 Å². The summed E-state index contributed by atoms with van der Waals surface area (Å²) in [5, 5.41) is 3.46. The minimum absolute atomic E-state index is 0.0264. The van der Waals surface area contributed by atoms with Crippen molar-refractivity contribution in [1.29, 1.82) is 0 Å². The predicted octanol–water partition coefficient (Wildman–Crippen LogP) is 7.16. The maximum atomic E-state index is 13.0. The number of benzene rings is 2. The smallest absolute Gasteiger partial charge is 0.333 e. The second-order valence-corrected chi connectivity index (χ2v) is 11.7. The molecule has 4 rings (SSSR count). The van der Waals surface area contributed by atoms with Gasteiger partial charge in [-0.1, -0.05) is 34.8 Å². The van der Waals surface area contributed by atoms with Crippen LogP contribution in [-0.2, 0) is 9.59 Å². The topological polar surface area (TPSA) is 66.5 Å². The van der Waals surface area contributed by atoms with Crippen LogP contribution >= 0.6 is 58.0 Å². The summed E-state index contributed by atoms with van der Waals surface area (Å²) < 4.78 is 36.6. The molecule has 1 N–H and O–H groups in total. The van der Waals surface area contributed by atoms with Gasteiger partial charge in [0.2, 0.25) is 11.8 Å². The zero-order valence-electron chi connectivity index (χ0n) is 18.7. The number of anilines is 1. The molecular weight excluding hydrogens is 599 g/mol. The largest absolute Gasteiger partial charge is 0.406 e. The van der Waals surface area contributed by atoms with Gasteiger partial charge in [-0.05, 0) is 48.4 Å². The van der Waals surface area contributed by atoms with E-state index in [1.54, 1.807) is 12.1 Å². The molecule has 0 spiro atoms. The molecule has 2 aliphatic rings. The van der Waals surface area contributed by atoms with Crippen molar-refractivity contribution in [2.24, 2.45) is 11.8 Å². The molecule has 2 amide bonds. The number of ketones is 1. The molecule has 1 heterocycles. The van der Waals surface area contributed by atoms with Crippen LogP contribution in [0.5, 0.6) is 0 Å². The summed E-state index contributed by atoms with van der Waals surface area (Å²) in [4.78, 5) is 38.9. The van der Waals surface area contributed by atoms with Crippen molar-refractivity contribution < 1.29 is 27.6 Å². The average molecular weight is 617 g/mol. The van der Waals surface area contributed by atoms with Crippen LogP contribution in [0.1, 0.15) is 34.7 Å². The van der Waals surface area contributed by atoms with E-state index in [4.69, 9.17) is 58.0 Å². The molecule has 5 nitrogen and oxygen atoms in total. The Balaban J connectivity index is 1.44. The van der Waals surface area contributed by atoms with Crippen LogP contribution in [0.15, 0.2) is 36.4 Å². The molecule has 198 valence electrons. The zero-order valence-corrected chi connectivity index (χ0v) is 22.5. The number of nitrogens with zero attached hydrogens (tertiary/aromatic N) is 1. The van der Waals surface area contributed by atoms with Gasteiger partial charge in [0.25, 0.3) is 0 Å². The minimum Gasteiger partial charge on any atom is -0.333 e. The first-order chi connectivity index (χ1) is 17.2. The first-order valence-electron chi connectivity index (χ1n) is 11.0. The third-order valence-electron chi connectivity index (χ3n) is 6.32. The second kappa shape index (κ2) is 10.5. The summed E-state index contributed by atoms with van der Waals surface area (Å²) in [5.41, 5.74) is 0.849. The van der Waals surface area contributed by atoms with Crippen molar-refractivity contribution >= 4 is 81.3 Å². The number of likely N-dealkylation sites (tertiary alicyclic amines) is 1. The van der Waals surface area contributed by atoms with Crippen LogP contribution in [0.4, 0.5) is 18.9 Å². The Hall–Kier alpha value is -1.71. The summed E-state index contributed by atoms with van der Waals surface area (Å²) in [7, 11) is 0. The summed E-state index contributed by atoms with van der Waals surface area (Å²) in [6, 6.07) is 8.97. The lowest BCUT2D eigenvalue weighted by Gasteiger charge is -2.18. The van der Waals surface area contributed by atoms with E-state index in [0.29, 0.717) is 20.5 Å². The molecule has 3 unspecified atom stereocenters. The van der Waals surface area contributed by atoms with E-state index >= 15 is 0 Å². The lowest BCUT2D eigenvalue weighted by molar-refractivity contribution is -0.158. The number of hydrogen-bond acceptors (Lipinski definition) is 3. The highest BCUT2D eigenvalue weighted by Gasteiger charge is 2.67. The van der Waals surface area contributed by atoms with Crippen LogP contribution in [-0.4, -0.2) is 46.1 Å². The van der Waals surface area contributed by atoms with Crippen molar-refractivity contribution in [3.05, 3.63) is 62.6 Å². The number of hydrogen-bond donors (Lipinski definition) is 1. The van der Waals surface area contributed by atoms with E-state index in [2.05, 4.69) is 5.32 Å². The molecule has 1 saturated heterocycles. The molecule has 1 aliphatic heterocycles. The third kappa shape index (κ3) is 6.31. The lowest BCUT2D eigenvalue weighted by atomic mass is 9.96. The first kappa shape index (κ1) is 28.3. The lowest BCUT2D eigenvalue weighted by Crippen LogP contribution is -2.36. The molecule has 1 saturated carbocycles. The highest BCUT2D eigenvalue weighted by Crippen LogP contribution is 2.65. The number of carbonyl (C=O) groups excluding carboxylic acids is 3. The minimum atomic E-state index is -4.52. The Bertz CT molecular complexity index is 1250. The van der Waals surface area contributed by atoms with E-state index < -0.39 is 52.4 Å². The molecule has 0 bridgehead atoms. The number of nitrogens with one attached hydrogen (secondary N) is 1. The number of amides is 2. The molecule has 37 heavy (non-hydrogen) atoms. The maximum Gasteiger partial charge on any atom is 0.406 e. The van der Waals surface area contributed by atoms with Crippen molar-refractivity contribution in [3.63, 3.8) is 0 Å². The molecule has 0 radical (unpaired) electrons. The van der Waals surface area contributed by atoms with Gasteiger partial charge < -0.3 is 10.2 Å². The Morgan fingerprint density at radius 3 is 2.32 bits per heavy atom. The standard InChI is InChI=1S/C24H18Cl5F3N2O3/c25-13-5-12(6-14(26)8-13)19-20(24(19,28)29)21(36)33-15-1-2-17(27)16(9-15)18(35)7-11-3-4-34(22(11)37)10-23(30,31)32/h1-2,5-6,8-9,11,19-20H,3-4,7,10H2,(H,33,36). The summed E-state index contributed by atoms with van der Waals surface area (Å²) >= 11 is 31.0. The number of carbonyl (C=O) groups is 3.